The Hall–Kier alpha value is -0.620. The summed E-state index contributed by atoms with van der Waals surface area (Å²) in [6.07, 6.45) is 0. The van der Waals surface area contributed by atoms with Crippen molar-refractivity contribution in [2.24, 2.45) is 0 Å². The van der Waals surface area contributed by atoms with Crippen LogP contribution in [0, 0.1) is 0 Å². The van der Waals surface area contributed by atoms with E-state index in [9.17, 15) is 0 Å². The van der Waals surface area contributed by atoms with Crippen LogP contribution in [0.2, 0.25) is 0 Å². The Bertz CT molecular complexity index is 401. The fourth-order valence-corrected chi connectivity index (χ4v) is 2.44. The SMILES string of the molecule is COCCNCc1cc(Br)ccc1N(C)C(C)COC. The van der Waals surface area contributed by atoms with Gasteiger partial charge in [0, 0.05) is 50.6 Å². The summed E-state index contributed by atoms with van der Waals surface area (Å²) < 4.78 is 11.4. The molecule has 0 aliphatic rings. The molecule has 4 nitrogen and oxygen atoms in total. The van der Waals surface area contributed by atoms with E-state index in [1.54, 1.807) is 14.2 Å². The summed E-state index contributed by atoms with van der Waals surface area (Å²) >= 11 is 3.54. The van der Waals surface area contributed by atoms with Crippen LogP contribution in [0.3, 0.4) is 0 Å². The molecule has 0 aromatic heterocycles. The van der Waals surface area contributed by atoms with Crippen molar-refractivity contribution in [1.82, 2.24) is 5.32 Å². The number of benzene rings is 1. The number of anilines is 1. The van der Waals surface area contributed by atoms with Gasteiger partial charge in [-0.3, -0.25) is 0 Å². The number of halogens is 1. The molecule has 114 valence electrons. The summed E-state index contributed by atoms with van der Waals surface area (Å²) in [7, 11) is 5.55. The first-order chi connectivity index (χ1) is 9.60. The molecule has 1 unspecified atom stereocenters. The van der Waals surface area contributed by atoms with Gasteiger partial charge in [0.15, 0.2) is 0 Å². The van der Waals surface area contributed by atoms with Crippen LogP contribution in [0.15, 0.2) is 22.7 Å². The Labute approximate surface area is 130 Å². The summed E-state index contributed by atoms with van der Waals surface area (Å²) in [6, 6.07) is 6.71. The Morgan fingerprint density at radius 3 is 2.70 bits per heavy atom. The van der Waals surface area contributed by atoms with Crippen molar-refractivity contribution in [3.05, 3.63) is 28.2 Å². The molecule has 0 fully saturated rings. The number of methoxy groups -OCH3 is 2. The van der Waals surface area contributed by atoms with Gasteiger partial charge in [-0.2, -0.15) is 0 Å². The third-order valence-corrected chi connectivity index (χ3v) is 3.78. The van der Waals surface area contributed by atoms with Gasteiger partial charge in [0.2, 0.25) is 0 Å². The van der Waals surface area contributed by atoms with Gasteiger partial charge in [-0.25, -0.2) is 0 Å². The van der Waals surface area contributed by atoms with Crippen molar-refractivity contribution >= 4 is 21.6 Å². The van der Waals surface area contributed by atoms with Gasteiger partial charge in [0.1, 0.15) is 0 Å². The van der Waals surface area contributed by atoms with Gasteiger partial charge in [0.05, 0.1) is 13.2 Å². The molecular formula is C15H25BrN2O2. The van der Waals surface area contributed by atoms with Crippen LogP contribution >= 0.6 is 15.9 Å². The molecule has 0 heterocycles. The normalized spacial score (nSPS) is 12.4. The van der Waals surface area contributed by atoms with Gasteiger partial charge in [-0.05, 0) is 30.7 Å². The molecule has 1 rings (SSSR count). The zero-order valence-electron chi connectivity index (χ0n) is 12.8. The van der Waals surface area contributed by atoms with Gasteiger partial charge in [-0.1, -0.05) is 15.9 Å². The van der Waals surface area contributed by atoms with E-state index < -0.39 is 0 Å². The molecule has 0 saturated carbocycles. The van der Waals surface area contributed by atoms with Gasteiger partial charge in [-0.15, -0.1) is 0 Å². The van der Waals surface area contributed by atoms with E-state index in [0.29, 0.717) is 12.6 Å². The van der Waals surface area contributed by atoms with Gasteiger partial charge in [0.25, 0.3) is 0 Å². The van der Waals surface area contributed by atoms with Crippen LogP contribution in [-0.2, 0) is 16.0 Å². The number of rotatable bonds is 9. The van der Waals surface area contributed by atoms with Crippen molar-refractivity contribution in [2.45, 2.75) is 19.5 Å². The Kier molecular flexibility index (Phi) is 8.14. The molecule has 1 aromatic carbocycles. The zero-order chi connectivity index (χ0) is 15.0. The van der Waals surface area contributed by atoms with Gasteiger partial charge < -0.3 is 19.7 Å². The maximum atomic E-state index is 5.24. The van der Waals surface area contributed by atoms with E-state index in [4.69, 9.17) is 9.47 Å². The van der Waals surface area contributed by atoms with Crippen molar-refractivity contribution in [3.63, 3.8) is 0 Å². The molecule has 0 radical (unpaired) electrons. The van der Waals surface area contributed by atoms with Crippen LogP contribution in [0.1, 0.15) is 12.5 Å². The largest absolute Gasteiger partial charge is 0.383 e. The number of ether oxygens (including phenoxy) is 2. The highest BCUT2D eigenvalue weighted by Crippen LogP contribution is 2.25. The fourth-order valence-electron chi connectivity index (χ4n) is 2.03. The minimum Gasteiger partial charge on any atom is -0.383 e. The van der Waals surface area contributed by atoms with Crippen LogP contribution < -0.4 is 10.2 Å². The second kappa shape index (κ2) is 9.34. The van der Waals surface area contributed by atoms with Crippen LogP contribution in [-0.4, -0.2) is 47.1 Å². The second-order valence-electron chi connectivity index (χ2n) is 4.86. The molecular weight excluding hydrogens is 320 g/mol. The number of hydrogen-bond acceptors (Lipinski definition) is 4. The van der Waals surface area contributed by atoms with Gasteiger partial charge >= 0.3 is 0 Å². The van der Waals surface area contributed by atoms with Crippen molar-refractivity contribution < 1.29 is 9.47 Å². The molecule has 0 bridgehead atoms. The minimum absolute atomic E-state index is 0.332. The first-order valence-electron chi connectivity index (χ1n) is 6.80. The third-order valence-electron chi connectivity index (χ3n) is 3.29. The van der Waals surface area contributed by atoms with E-state index in [1.807, 2.05) is 0 Å². The monoisotopic (exact) mass is 344 g/mol. The minimum atomic E-state index is 0.332. The first kappa shape index (κ1) is 17.4. The quantitative estimate of drug-likeness (QED) is 0.698. The highest BCUT2D eigenvalue weighted by atomic mass is 79.9. The molecule has 1 atom stereocenters. The highest BCUT2D eigenvalue weighted by Gasteiger charge is 2.13. The maximum absolute atomic E-state index is 5.24. The number of hydrogen-bond donors (Lipinski definition) is 1. The smallest absolute Gasteiger partial charge is 0.0663 e. The van der Waals surface area contributed by atoms with Crippen LogP contribution in [0.4, 0.5) is 5.69 Å². The maximum Gasteiger partial charge on any atom is 0.0663 e. The lowest BCUT2D eigenvalue weighted by Crippen LogP contribution is -2.33. The van der Waals surface area contributed by atoms with E-state index in [-0.39, 0.29) is 0 Å². The summed E-state index contributed by atoms with van der Waals surface area (Å²) in [5.74, 6) is 0. The van der Waals surface area contributed by atoms with Crippen LogP contribution in [0.5, 0.6) is 0 Å². The van der Waals surface area contributed by atoms with Crippen molar-refractivity contribution in [1.29, 1.82) is 0 Å². The van der Waals surface area contributed by atoms with E-state index in [2.05, 4.69) is 58.3 Å². The number of nitrogens with one attached hydrogen (secondary N) is 1. The average molecular weight is 345 g/mol. The zero-order valence-corrected chi connectivity index (χ0v) is 14.4. The molecule has 0 spiro atoms. The second-order valence-corrected chi connectivity index (χ2v) is 5.77. The summed E-state index contributed by atoms with van der Waals surface area (Å²) in [6.45, 7) is 5.26. The lowest BCUT2D eigenvalue weighted by atomic mass is 10.1. The predicted molar refractivity (Wildman–Crippen MR) is 87.5 cm³/mol. The standard InChI is InChI=1S/C15H25BrN2O2/c1-12(11-20-4)18(2)15-6-5-14(16)9-13(15)10-17-7-8-19-3/h5-6,9,12,17H,7-8,10-11H2,1-4H3. The fraction of sp³-hybridized carbons (Fsp3) is 0.600. The Balaban J connectivity index is 2.78. The van der Waals surface area contributed by atoms with E-state index in [0.717, 1.165) is 24.2 Å². The first-order valence-corrected chi connectivity index (χ1v) is 7.59. The molecule has 0 aliphatic heterocycles. The summed E-state index contributed by atoms with van der Waals surface area (Å²) in [4.78, 5) is 2.25. The van der Waals surface area contributed by atoms with Crippen molar-refractivity contribution in [2.75, 3.05) is 45.9 Å². The molecule has 5 heteroatoms. The number of nitrogens with zero attached hydrogens (tertiary/aromatic N) is 1. The summed E-state index contributed by atoms with van der Waals surface area (Å²) in [5, 5.41) is 3.39. The molecule has 0 saturated heterocycles. The topological polar surface area (TPSA) is 33.7 Å². The Morgan fingerprint density at radius 1 is 1.30 bits per heavy atom. The molecule has 1 aromatic rings. The lowest BCUT2D eigenvalue weighted by Gasteiger charge is -2.29. The van der Waals surface area contributed by atoms with Crippen molar-refractivity contribution in [3.8, 4) is 0 Å². The van der Waals surface area contributed by atoms with E-state index >= 15 is 0 Å². The molecule has 0 amide bonds. The highest BCUT2D eigenvalue weighted by molar-refractivity contribution is 9.10. The van der Waals surface area contributed by atoms with E-state index in [1.165, 1.54) is 11.3 Å². The molecule has 20 heavy (non-hydrogen) atoms. The lowest BCUT2D eigenvalue weighted by molar-refractivity contribution is 0.183. The molecule has 1 N–H and O–H groups in total. The predicted octanol–water partition coefficient (Wildman–Crippen LogP) is 2.66. The number of likely N-dealkylation sites (N-methyl/N-ethyl adjacent to an activating group) is 1. The third kappa shape index (κ3) is 5.40. The molecule has 0 aliphatic carbocycles. The average Bonchev–Trinajstić information content (AvgIpc) is 2.43. The van der Waals surface area contributed by atoms with Crippen LogP contribution in [0.25, 0.3) is 0 Å². The Morgan fingerprint density at radius 2 is 2.05 bits per heavy atom. The summed E-state index contributed by atoms with van der Waals surface area (Å²) in [5.41, 5.74) is 2.49.